The molecule has 1 fully saturated rings. The summed E-state index contributed by atoms with van der Waals surface area (Å²) in [5.74, 6) is 0.341. The van der Waals surface area contributed by atoms with E-state index < -0.39 is 5.60 Å². The number of ether oxygens (including phenoxy) is 1. The van der Waals surface area contributed by atoms with Crippen LogP contribution in [0.25, 0.3) is 33.3 Å². The first-order valence-electron chi connectivity index (χ1n) is 14.4. The van der Waals surface area contributed by atoms with Gasteiger partial charge >= 0.3 is 0 Å². The monoisotopic (exact) mass is 556 g/mol. The van der Waals surface area contributed by atoms with Crippen molar-refractivity contribution in [2.24, 2.45) is 13.0 Å². The smallest absolute Gasteiger partial charge is 0.118 e. The molecule has 5 aromatic rings. The van der Waals surface area contributed by atoms with Gasteiger partial charge in [-0.05, 0) is 65.3 Å². The van der Waals surface area contributed by atoms with E-state index in [0.717, 1.165) is 71.6 Å². The number of nitrogens with zero attached hydrogens (tertiary/aromatic N) is 8. The van der Waals surface area contributed by atoms with Crippen molar-refractivity contribution < 1.29 is 9.84 Å². The van der Waals surface area contributed by atoms with Crippen molar-refractivity contribution in [3.05, 3.63) is 59.5 Å². The van der Waals surface area contributed by atoms with Gasteiger partial charge in [-0.25, -0.2) is 4.68 Å². The minimum absolute atomic E-state index is 0.00973. The Morgan fingerprint density at radius 1 is 1.12 bits per heavy atom. The van der Waals surface area contributed by atoms with Gasteiger partial charge in [-0.15, -0.1) is 5.10 Å². The lowest BCUT2D eigenvalue weighted by Gasteiger charge is -2.33. The molecule has 41 heavy (non-hydrogen) atoms. The maximum atomic E-state index is 11.5. The Balaban J connectivity index is 1.72. The first-order valence-corrected chi connectivity index (χ1v) is 14.4. The standard InChI is InChI=1S/C31H40N8O2/c1-20-26(37(6)35-33-20)23-18-24-25(32-19-23)28-29(30(31(2,3)40)34-38(28)15-14-36(4)5)39(24)27(21-10-8-7-9-11-21)22-12-16-41-17-13-22/h7-11,18-19,22,27,40H,12-17H2,1-6H3. The van der Waals surface area contributed by atoms with Crippen LogP contribution in [0, 0.1) is 12.8 Å². The van der Waals surface area contributed by atoms with Gasteiger partial charge in [-0.1, -0.05) is 35.5 Å². The van der Waals surface area contributed by atoms with Crippen molar-refractivity contribution in [2.45, 2.75) is 51.8 Å². The Kier molecular flexibility index (Phi) is 7.17. The molecule has 0 spiro atoms. The summed E-state index contributed by atoms with van der Waals surface area (Å²) >= 11 is 0. The molecule has 1 aliphatic heterocycles. The number of aliphatic hydroxyl groups is 1. The molecule has 5 heterocycles. The van der Waals surface area contributed by atoms with E-state index in [1.165, 1.54) is 5.56 Å². The zero-order chi connectivity index (χ0) is 28.9. The van der Waals surface area contributed by atoms with E-state index in [0.29, 0.717) is 18.2 Å². The van der Waals surface area contributed by atoms with E-state index in [1.807, 2.05) is 38.7 Å². The fourth-order valence-electron chi connectivity index (χ4n) is 6.31. The lowest BCUT2D eigenvalue weighted by molar-refractivity contribution is 0.0547. The summed E-state index contributed by atoms with van der Waals surface area (Å²) in [6, 6.07) is 12.9. The quantitative estimate of drug-likeness (QED) is 0.304. The highest BCUT2D eigenvalue weighted by atomic mass is 16.5. The van der Waals surface area contributed by atoms with Gasteiger partial charge in [0.2, 0.25) is 0 Å². The van der Waals surface area contributed by atoms with E-state index in [9.17, 15) is 5.11 Å². The van der Waals surface area contributed by atoms with Crippen molar-refractivity contribution in [2.75, 3.05) is 33.9 Å². The fraction of sp³-hybridized carbons (Fsp3) is 0.484. The van der Waals surface area contributed by atoms with Crippen LogP contribution in [0.4, 0.5) is 0 Å². The summed E-state index contributed by atoms with van der Waals surface area (Å²) in [6.45, 7) is 8.59. The lowest BCUT2D eigenvalue weighted by Crippen LogP contribution is -2.28. The zero-order valence-corrected chi connectivity index (χ0v) is 24.9. The van der Waals surface area contributed by atoms with Crippen LogP contribution in [0.3, 0.4) is 0 Å². The van der Waals surface area contributed by atoms with Gasteiger partial charge < -0.3 is 19.3 Å². The first-order chi connectivity index (χ1) is 19.6. The van der Waals surface area contributed by atoms with Crippen molar-refractivity contribution in [3.63, 3.8) is 0 Å². The number of rotatable bonds is 8. The van der Waals surface area contributed by atoms with Gasteiger partial charge in [0, 0.05) is 38.6 Å². The molecular formula is C31H40N8O2. The van der Waals surface area contributed by atoms with E-state index in [2.05, 4.69) is 70.3 Å². The molecule has 1 saturated heterocycles. The topological polar surface area (TPSA) is 99.0 Å². The number of fused-ring (bicyclic) bond motifs is 3. The van der Waals surface area contributed by atoms with Crippen molar-refractivity contribution >= 4 is 22.1 Å². The molecule has 10 nitrogen and oxygen atoms in total. The molecule has 0 bridgehead atoms. The van der Waals surface area contributed by atoms with E-state index >= 15 is 0 Å². The van der Waals surface area contributed by atoms with Crippen LogP contribution in [0.1, 0.15) is 49.7 Å². The van der Waals surface area contributed by atoms with E-state index in [4.69, 9.17) is 14.8 Å². The second-order valence-electron chi connectivity index (χ2n) is 12.0. The van der Waals surface area contributed by atoms with Crippen LogP contribution < -0.4 is 0 Å². The summed E-state index contributed by atoms with van der Waals surface area (Å²) in [6.07, 6.45) is 3.81. The van der Waals surface area contributed by atoms with Gasteiger partial charge in [0.05, 0.1) is 35.0 Å². The van der Waals surface area contributed by atoms with Crippen LogP contribution in [0.5, 0.6) is 0 Å². The number of hydrogen-bond acceptors (Lipinski definition) is 7. The van der Waals surface area contributed by atoms with Gasteiger partial charge in [0.1, 0.15) is 22.3 Å². The molecule has 1 aliphatic rings. The Bertz CT molecular complexity index is 1650. The summed E-state index contributed by atoms with van der Waals surface area (Å²) < 4.78 is 12.1. The van der Waals surface area contributed by atoms with Gasteiger partial charge in [0.25, 0.3) is 0 Å². The normalized spacial score (nSPS) is 15.9. The minimum atomic E-state index is -1.16. The Morgan fingerprint density at radius 3 is 2.49 bits per heavy atom. The average molecular weight is 557 g/mol. The van der Waals surface area contributed by atoms with Crippen LogP contribution in [-0.4, -0.2) is 78.2 Å². The van der Waals surface area contributed by atoms with Crippen LogP contribution in [0.2, 0.25) is 0 Å². The summed E-state index contributed by atoms with van der Waals surface area (Å²) in [5, 5.41) is 25.1. The number of pyridine rings is 1. The molecule has 10 heteroatoms. The molecule has 1 unspecified atom stereocenters. The van der Waals surface area contributed by atoms with E-state index in [-0.39, 0.29) is 6.04 Å². The third kappa shape index (κ3) is 4.94. The molecule has 0 radical (unpaired) electrons. The molecular weight excluding hydrogens is 516 g/mol. The minimum Gasteiger partial charge on any atom is -0.384 e. The zero-order valence-electron chi connectivity index (χ0n) is 24.9. The molecule has 0 saturated carbocycles. The number of hydrogen-bond donors (Lipinski definition) is 1. The van der Waals surface area contributed by atoms with Gasteiger partial charge in [-0.2, -0.15) is 5.10 Å². The Hall–Kier alpha value is -3.60. The van der Waals surface area contributed by atoms with Crippen molar-refractivity contribution in [3.8, 4) is 11.3 Å². The number of aryl methyl sites for hydroxylation is 2. The predicted molar refractivity (Wildman–Crippen MR) is 160 cm³/mol. The maximum absolute atomic E-state index is 11.5. The number of benzene rings is 1. The third-order valence-corrected chi connectivity index (χ3v) is 8.26. The van der Waals surface area contributed by atoms with Crippen LogP contribution in [0.15, 0.2) is 42.6 Å². The van der Waals surface area contributed by atoms with Gasteiger partial charge in [-0.3, -0.25) is 9.67 Å². The molecule has 6 rings (SSSR count). The average Bonchev–Trinajstić information content (AvgIpc) is 3.60. The highest BCUT2D eigenvalue weighted by Crippen LogP contribution is 2.43. The predicted octanol–water partition coefficient (Wildman–Crippen LogP) is 4.29. The highest BCUT2D eigenvalue weighted by molar-refractivity contribution is 6.06. The summed E-state index contributed by atoms with van der Waals surface area (Å²) in [5.41, 5.74) is 7.28. The lowest BCUT2D eigenvalue weighted by atomic mass is 9.86. The molecule has 216 valence electrons. The number of aromatic nitrogens is 7. The first kappa shape index (κ1) is 27.6. The molecule has 1 N–H and O–H groups in total. The molecule has 4 aromatic heterocycles. The maximum Gasteiger partial charge on any atom is 0.118 e. The largest absolute Gasteiger partial charge is 0.384 e. The number of likely N-dealkylation sites (N-methyl/N-ethyl adjacent to an activating group) is 1. The highest BCUT2D eigenvalue weighted by Gasteiger charge is 2.36. The SMILES string of the molecule is Cc1nnn(C)c1-c1cnc2c3c(c(C(C)(C)O)nn3CCN(C)C)n(C(c3ccccc3)C3CCOCC3)c2c1. The summed E-state index contributed by atoms with van der Waals surface area (Å²) in [4.78, 5) is 7.25. The fourth-order valence-corrected chi connectivity index (χ4v) is 6.31. The van der Waals surface area contributed by atoms with Crippen LogP contribution >= 0.6 is 0 Å². The molecule has 0 aliphatic carbocycles. The van der Waals surface area contributed by atoms with Crippen molar-refractivity contribution in [1.82, 2.24) is 39.2 Å². The molecule has 1 aromatic carbocycles. The molecule has 0 amide bonds. The Labute approximate surface area is 240 Å². The third-order valence-electron chi connectivity index (χ3n) is 8.26. The molecule has 1 atom stereocenters. The Morgan fingerprint density at radius 2 is 1.85 bits per heavy atom. The summed E-state index contributed by atoms with van der Waals surface area (Å²) in [7, 11) is 6.04. The van der Waals surface area contributed by atoms with Gasteiger partial charge in [0.15, 0.2) is 0 Å². The van der Waals surface area contributed by atoms with Crippen molar-refractivity contribution in [1.29, 1.82) is 0 Å². The van der Waals surface area contributed by atoms with E-state index in [1.54, 1.807) is 4.68 Å². The second-order valence-corrected chi connectivity index (χ2v) is 12.0. The van der Waals surface area contributed by atoms with Crippen LogP contribution in [-0.2, 0) is 23.9 Å². The second kappa shape index (κ2) is 10.7.